The van der Waals surface area contributed by atoms with Crippen LogP contribution in [-0.4, -0.2) is 41.1 Å². The van der Waals surface area contributed by atoms with Crippen LogP contribution < -0.4 is 4.90 Å². The molecule has 0 N–H and O–H groups in total. The van der Waals surface area contributed by atoms with E-state index in [2.05, 4.69) is 0 Å². The van der Waals surface area contributed by atoms with Crippen molar-refractivity contribution < 1.29 is 28.4 Å². The van der Waals surface area contributed by atoms with Crippen LogP contribution in [0.1, 0.15) is 23.2 Å². The number of alkyl halides is 1. The number of amides is 1. The Morgan fingerprint density at radius 1 is 1.19 bits per heavy atom. The van der Waals surface area contributed by atoms with Gasteiger partial charge in [0.1, 0.15) is 5.82 Å². The van der Waals surface area contributed by atoms with E-state index in [9.17, 15) is 28.9 Å². The molecule has 3 rings (SSSR count). The number of carbonyl (C=O) groups is 3. The zero-order chi connectivity index (χ0) is 22.5. The average molecular weight is 449 g/mol. The van der Waals surface area contributed by atoms with Crippen LogP contribution in [0, 0.1) is 21.8 Å². The highest BCUT2D eigenvalue weighted by molar-refractivity contribution is 6.18. The first-order chi connectivity index (χ1) is 14.8. The molecule has 0 spiro atoms. The third-order valence-corrected chi connectivity index (χ3v) is 5.10. The maximum atomic E-state index is 13.1. The molecule has 10 heteroatoms. The summed E-state index contributed by atoms with van der Waals surface area (Å²) in [5.41, 5.74) is 0.486. The quantitative estimate of drug-likeness (QED) is 0.201. The van der Waals surface area contributed by atoms with Crippen molar-refractivity contribution in [3.63, 3.8) is 0 Å². The van der Waals surface area contributed by atoms with Gasteiger partial charge in [-0.2, -0.15) is 0 Å². The fourth-order valence-electron chi connectivity index (χ4n) is 3.25. The number of hydrogen-bond acceptors (Lipinski definition) is 6. The van der Waals surface area contributed by atoms with Gasteiger partial charge in [0.05, 0.1) is 10.8 Å². The van der Waals surface area contributed by atoms with Crippen molar-refractivity contribution in [3.05, 3.63) is 70.0 Å². The molecule has 0 saturated carbocycles. The lowest BCUT2D eigenvalue weighted by Gasteiger charge is -2.19. The Labute approximate surface area is 181 Å². The van der Waals surface area contributed by atoms with Crippen LogP contribution in [0.25, 0.3) is 0 Å². The van der Waals surface area contributed by atoms with E-state index in [4.69, 9.17) is 16.3 Å². The van der Waals surface area contributed by atoms with Gasteiger partial charge in [0.25, 0.3) is 5.69 Å². The number of benzene rings is 2. The zero-order valence-electron chi connectivity index (χ0n) is 16.2. The van der Waals surface area contributed by atoms with E-state index < -0.39 is 34.5 Å². The second-order valence-corrected chi connectivity index (χ2v) is 7.33. The number of ether oxygens (including phenoxy) is 1. The van der Waals surface area contributed by atoms with Crippen LogP contribution in [0.3, 0.4) is 0 Å². The summed E-state index contributed by atoms with van der Waals surface area (Å²) in [4.78, 5) is 49.2. The molecule has 0 aliphatic carbocycles. The van der Waals surface area contributed by atoms with E-state index in [1.165, 1.54) is 41.3 Å². The number of ketones is 1. The van der Waals surface area contributed by atoms with Gasteiger partial charge in [-0.05, 0) is 36.4 Å². The number of hydrogen-bond donors (Lipinski definition) is 0. The summed E-state index contributed by atoms with van der Waals surface area (Å²) >= 11 is 5.74. The number of halogens is 2. The third kappa shape index (κ3) is 5.24. The van der Waals surface area contributed by atoms with Gasteiger partial charge >= 0.3 is 5.97 Å². The van der Waals surface area contributed by atoms with Gasteiger partial charge < -0.3 is 9.64 Å². The first kappa shape index (κ1) is 22.4. The molecule has 8 nitrogen and oxygen atoms in total. The maximum absolute atomic E-state index is 13.1. The summed E-state index contributed by atoms with van der Waals surface area (Å²) in [6.45, 7) is 0.0216. The zero-order valence-corrected chi connectivity index (χ0v) is 17.0. The van der Waals surface area contributed by atoms with Crippen LogP contribution in [0.5, 0.6) is 0 Å². The SMILES string of the molecule is O=C(O[C@@H](CCCl)C(=O)c1ccc(F)cc1)[C@@H]1CC(=O)N(c2ccc([N+](=O)[O-])cc2)C1. The molecule has 1 aliphatic heterocycles. The van der Waals surface area contributed by atoms with E-state index in [1.54, 1.807) is 0 Å². The first-order valence-corrected chi connectivity index (χ1v) is 9.94. The van der Waals surface area contributed by atoms with Crippen molar-refractivity contribution in [2.75, 3.05) is 17.3 Å². The highest BCUT2D eigenvalue weighted by atomic mass is 35.5. The monoisotopic (exact) mass is 448 g/mol. The first-order valence-electron chi connectivity index (χ1n) is 9.41. The third-order valence-electron chi connectivity index (χ3n) is 4.88. The number of rotatable bonds is 8. The van der Waals surface area contributed by atoms with Crippen LogP contribution in [0.15, 0.2) is 48.5 Å². The van der Waals surface area contributed by atoms with Gasteiger partial charge in [-0.3, -0.25) is 24.5 Å². The lowest BCUT2D eigenvalue weighted by Crippen LogP contribution is -2.32. The van der Waals surface area contributed by atoms with Crippen molar-refractivity contribution >= 4 is 40.6 Å². The minimum atomic E-state index is -1.15. The number of non-ortho nitro benzene ring substituents is 1. The predicted molar refractivity (Wildman–Crippen MR) is 110 cm³/mol. The Balaban J connectivity index is 1.68. The highest BCUT2D eigenvalue weighted by Gasteiger charge is 2.38. The standard InChI is InChI=1S/C21H18ClFN2O6/c22-10-9-18(20(27)13-1-3-15(23)4-2-13)31-21(28)14-11-19(26)24(12-14)16-5-7-17(8-6-16)25(29)30/h1-8,14,18H,9-12H2/t14-,18+/m1/s1. The Kier molecular flexibility index (Phi) is 6.96. The fraction of sp³-hybridized carbons (Fsp3) is 0.286. The van der Waals surface area contributed by atoms with Crippen LogP contribution in [0.2, 0.25) is 0 Å². The summed E-state index contributed by atoms with van der Waals surface area (Å²) in [6, 6.07) is 10.2. The Hall–Kier alpha value is -3.33. The molecule has 1 heterocycles. The van der Waals surface area contributed by atoms with E-state index in [0.29, 0.717) is 5.69 Å². The van der Waals surface area contributed by atoms with Crippen LogP contribution in [-0.2, 0) is 14.3 Å². The molecule has 1 fully saturated rings. The summed E-state index contributed by atoms with van der Waals surface area (Å²) in [5, 5.41) is 10.8. The van der Waals surface area contributed by atoms with Crippen LogP contribution in [0.4, 0.5) is 15.8 Å². The van der Waals surface area contributed by atoms with Crippen molar-refractivity contribution in [3.8, 4) is 0 Å². The Morgan fingerprint density at radius 2 is 1.84 bits per heavy atom. The molecule has 162 valence electrons. The van der Waals surface area contributed by atoms with E-state index in [1.807, 2.05) is 0 Å². The minimum absolute atomic E-state index is 0.0216. The lowest BCUT2D eigenvalue weighted by molar-refractivity contribution is -0.384. The molecule has 2 aromatic carbocycles. The van der Waals surface area contributed by atoms with Gasteiger partial charge in [0, 0.05) is 48.6 Å². The van der Waals surface area contributed by atoms with E-state index in [0.717, 1.165) is 12.1 Å². The van der Waals surface area contributed by atoms with Gasteiger partial charge in [-0.1, -0.05) is 0 Å². The molecule has 0 bridgehead atoms. The molecule has 1 amide bonds. The Bertz CT molecular complexity index is 996. The molecule has 2 aromatic rings. The summed E-state index contributed by atoms with van der Waals surface area (Å²) in [5.74, 6) is -2.81. The molecular weight excluding hydrogens is 431 g/mol. The summed E-state index contributed by atoms with van der Waals surface area (Å²) in [7, 11) is 0. The lowest BCUT2D eigenvalue weighted by atomic mass is 10.0. The number of nitro groups is 1. The van der Waals surface area contributed by atoms with Crippen molar-refractivity contribution in [1.29, 1.82) is 0 Å². The van der Waals surface area contributed by atoms with Crippen LogP contribution >= 0.6 is 11.6 Å². The van der Waals surface area contributed by atoms with Gasteiger partial charge in [-0.15, -0.1) is 11.6 Å². The molecular formula is C21H18ClFN2O6. The van der Waals surface area contributed by atoms with E-state index in [-0.39, 0.29) is 42.4 Å². The predicted octanol–water partition coefficient (Wildman–Crippen LogP) is 3.51. The number of Topliss-reactive ketones (excluding diaryl/α,β-unsaturated/α-hetero) is 1. The molecule has 2 atom stereocenters. The normalized spacial score (nSPS) is 16.8. The largest absolute Gasteiger partial charge is 0.454 e. The topological polar surface area (TPSA) is 107 Å². The molecule has 1 aliphatic rings. The fourth-order valence-corrected chi connectivity index (χ4v) is 3.45. The van der Waals surface area contributed by atoms with Gasteiger partial charge in [-0.25, -0.2) is 4.39 Å². The van der Waals surface area contributed by atoms with Crippen molar-refractivity contribution in [2.45, 2.75) is 18.9 Å². The number of carbonyl (C=O) groups excluding carboxylic acids is 3. The molecule has 1 saturated heterocycles. The number of esters is 1. The van der Waals surface area contributed by atoms with Crippen molar-refractivity contribution in [2.24, 2.45) is 5.92 Å². The second-order valence-electron chi connectivity index (χ2n) is 6.95. The molecule has 31 heavy (non-hydrogen) atoms. The van der Waals surface area contributed by atoms with Gasteiger partial charge in [0.2, 0.25) is 11.7 Å². The second kappa shape index (κ2) is 9.65. The Morgan fingerprint density at radius 3 is 2.42 bits per heavy atom. The van der Waals surface area contributed by atoms with E-state index >= 15 is 0 Å². The van der Waals surface area contributed by atoms with Crippen molar-refractivity contribution in [1.82, 2.24) is 0 Å². The highest BCUT2D eigenvalue weighted by Crippen LogP contribution is 2.28. The molecule has 0 aromatic heterocycles. The maximum Gasteiger partial charge on any atom is 0.312 e. The minimum Gasteiger partial charge on any atom is -0.454 e. The molecule has 0 radical (unpaired) electrons. The number of nitrogens with zero attached hydrogens (tertiary/aromatic N) is 2. The van der Waals surface area contributed by atoms with Gasteiger partial charge in [0.15, 0.2) is 6.10 Å². The smallest absolute Gasteiger partial charge is 0.312 e. The summed E-state index contributed by atoms with van der Waals surface area (Å²) < 4.78 is 18.5. The molecule has 0 unspecified atom stereocenters. The number of anilines is 1. The summed E-state index contributed by atoms with van der Waals surface area (Å²) in [6.07, 6.45) is -1.20. The number of nitro benzene ring substituents is 1. The average Bonchev–Trinajstić information content (AvgIpc) is 3.15.